The maximum absolute atomic E-state index is 10.2. The van der Waals surface area contributed by atoms with E-state index in [1.165, 1.54) is 0 Å². The van der Waals surface area contributed by atoms with Crippen LogP contribution in [0, 0.1) is 5.92 Å². The molecule has 17 heavy (non-hydrogen) atoms. The van der Waals surface area contributed by atoms with Crippen LogP contribution in [0.1, 0.15) is 51.7 Å². The highest BCUT2D eigenvalue weighted by Crippen LogP contribution is 2.41. The zero-order chi connectivity index (χ0) is 12.5. The van der Waals surface area contributed by atoms with Crippen LogP contribution in [0.15, 0.2) is 24.3 Å². The molecule has 1 aliphatic rings. The van der Waals surface area contributed by atoms with Crippen LogP contribution in [0.2, 0.25) is 0 Å². The van der Waals surface area contributed by atoms with Crippen LogP contribution in [0.5, 0.6) is 5.75 Å². The van der Waals surface area contributed by atoms with Crippen molar-refractivity contribution in [3.8, 4) is 5.75 Å². The third-order valence-corrected chi connectivity index (χ3v) is 3.51. The maximum Gasteiger partial charge on any atom is 0.125 e. The molecule has 1 unspecified atom stereocenters. The topological polar surface area (TPSA) is 29.5 Å². The van der Waals surface area contributed by atoms with Crippen LogP contribution in [0.25, 0.3) is 0 Å². The molecule has 1 heterocycles. The lowest BCUT2D eigenvalue weighted by Crippen LogP contribution is -2.38. The first-order valence-electron chi connectivity index (χ1n) is 6.46. The van der Waals surface area contributed by atoms with Gasteiger partial charge in [0.1, 0.15) is 11.4 Å². The standard InChI is InChI=1S/C15H22O2/c1-11(2)8-9-15(3)10-13(16)12-6-4-5-7-14(12)17-15/h4-7,11,13,16H,8-10H2,1-3H3/t13-,15?/m1/s1. The lowest BCUT2D eigenvalue weighted by molar-refractivity contribution is -0.0100. The molecule has 0 aliphatic carbocycles. The number of benzene rings is 1. The normalized spacial score (nSPS) is 27.7. The molecule has 2 atom stereocenters. The summed E-state index contributed by atoms with van der Waals surface area (Å²) in [7, 11) is 0. The number of hydrogen-bond donors (Lipinski definition) is 1. The predicted molar refractivity (Wildman–Crippen MR) is 69.1 cm³/mol. The van der Waals surface area contributed by atoms with Gasteiger partial charge in [-0.2, -0.15) is 0 Å². The summed E-state index contributed by atoms with van der Waals surface area (Å²) in [6, 6.07) is 7.80. The summed E-state index contributed by atoms with van der Waals surface area (Å²) < 4.78 is 6.08. The molecule has 0 saturated carbocycles. The molecular formula is C15H22O2. The quantitative estimate of drug-likeness (QED) is 0.864. The van der Waals surface area contributed by atoms with Crippen molar-refractivity contribution in [1.82, 2.24) is 0 Å². The van der Waals surface area contributed by atoms with Crippen LogP contribution >= 0.6 is 0 Å². The van der Waals surface area contributed by atoms with E-state index in [1.54, 1.807) is 0 Å². The number of fused-ring (bicyclic) bond motifs is 1. The van der Waals surface area contributed by atoms with Gasteiger partial charge in [0.2, 0.25) is 0 Å². The Bertz CT molecular complexity index is 386. The van der Waals surface area contributed by atoms with E-state index in [0.717, 1.165) is 24.2 Å². The summed E-state index contributed by atoms with van der Waals surface area (Å²) in [5.74, 6) is 1.52. The number of rotatable bonds is 3. The highest BCUT2D eigenvalue weighted by molar-refractivity contribution is 5.37. The van der Waals surface area contributed by atoms with Crippen LogP contribution in [0.3, 0.4) is 0 Å². The van der Waals surface area contributed by atoms with Gasteiger partial charge < -0.3 is 9.84 Å². The monoisotopic (exact) mass is 234 g/mol. The SMILES string of the molecule is CC(C)CCC1(C)C[C@@H](O)c2ccccc2O1. The molecule has 2 heteroatoms. The molecule has 2 nitrogen and oxygen atoms in total. The minimum atomic E-state index is -0.392. The molecule has 0 saturated heterocycles. The molecule has 0 aromatic heterocycles. The van der Waals surface area contributed by atoms with Gasteiger partial charge >= 0.3 is 0 Å². The van der Waals surface area contributed by atoms with Crippen molar-refractivity contribution < 1.29 is 9.84 Å². The van der Waals surface area contributed by atoms with E-state index in [9.17, 15) is 5.11 Å². The van der Waals surface area contributed by atoms with Crippen molar-refractivity contribution in [2.45, 2.75) is 51.7 Å². The van der Waals surface area contributed by atoms with Gasteiger partial charge in [0.25, 0.3) is 0 Å². The van der Waals surface area contributed by atoms with E-state index >= 15 is 0 Å². The van der Waals surface area contributed by atoms with Gasteiger partial charge in [-0.3, -0.25) is 0 Å². The molecule has 1 aromatic rings. The third-order valence-electron chi connectivity index (χ3n) is 3.51. The molecule has 1 aliphatic heterocycles. The first kappa shape index (κ1) is 12.4. The molecule has 2 rings (SSSR count). The first-order valence-corrected chi connectivity index (χ1v) is 6.46. The summed E-state index contributed by atoms with van der Waals surface area (Å²) >= 11 is 0. The van der Waals surface area contributed by atoms with Crippen LogP contribution in [-0.4, -0.2) is 10.7 Å². The summed E-state index contributed by atoms with van der Waals surface area (Å²) in [5, 5.41) is 10.2. The third kappa shape index (κ3) is 2.81. The van der Waals surface area contributed by atoms with Gasteiger partial charge in [-0.25, -0.2) is 0 Å². The van der Waals surface area contributed by atoms with E-state index < -0.39 is 6.10 Å². The van der Waals surface area contributed by atoms with E-state index in [4.69, 9.17) is 4.74 Å². The Morgan fingerprint density at radius 3 is 2.82 bits per heavy atom. The summed E-state index contributed by atoms with van der Waals surface area (Å²) in [6.07, 6.45) is 2.43. The second-order valence-electron chi connectivity index (χ2n) is 5.74. The molecule has 0 spiro atoms. The molecule has 1 aromatic carbocycles. The van der Waals surface area contributed by atoms with Gasteiger partial charge in [-0.15, -0.1) is 0 Å². The number of hydrogen-bond acceptors (Lipinski definition) is 2. The molecule has 0 radical (unpaired) electrons. The smallest absolute Gasteiger partial charge is 0.125 e. The Hall–Kier alpha value is -1.02. The predicted octanol–water partition coefficient (Wildman–Crippen LogP) is 3.70. The molecule has 0 fully saturated rings. The zero-order valence-electron chi connectivity index (χ0n) is 10.9. The first-order chi connectivity index (χ1) is 8.00. The lowest BCUT2D eigenvalue weighted by Gasteiger charge is -2.38. The van der Waals surface area contributed by atoms with Crippen molar-refractivity contribution in [2.75, 3.05) is 0 Å². The molecular weight excluding hydrogens is 212 g/mol. The van der Waals surface area contributed by atoms with Gasteiger partial charge in [-0.1, -0.05) is 32.0 Å². The molecule has 0 amide bonds. The molecule has 1 N–H and O–H groups in total. The Kier molecular flexibility index (Phi) is 3.43. The minimum Gasteiger partial charge on any atom is -0.487 e. The fraction of sp³-hybridized carbons (Fsp3) is 0.600. The second-order valence-corrected chi connectivity index (χ2v) is 5.74. The minimum absolute atomic E-state index is 0.224. The Morgan fingerprint density at radius 2 is 2.12 bits per heavy atom. The summed E-state index contributed by atoms with van der Waals surface area (Å²) in [4.78, 5) is 0. The Balaban J connectivity index is 2.15. The van der Waals surface area contributed by atoms with Gasteiger partial charge in [0, 0.05) is 12.0 Å². The average Bonchev–Trinajstić information content (AvgIpc) is 2.26. The van der Waals surface area contributed by atoms with Crippen molar-refractivity contribution in [1.29, 1.82) is 0 Å². The van der Waals surface area contributed by atoms with Crippen molar-refractivity contribution in [3.63, 3.8) is 0 Å². The largest absolute Gasteiger partial charge is 0.487 e. The van der Waals surface area contributed by atoms with Gasteiger partial charge in [0.05, 0.1) is 6.10 Å². The lowest BCUT2D eigenvalue weighted by atomic mass is 9.85. The number of aliphatic hydroxyl groups is 1. The van der Waals surface area contributed by atoms with E-state index in [1.807, 2.05) is 24.3 Å². The average molecular weight is 234 g/mol. The second kappa shape index (κ2) is 4.69. The van der Waals surface area contributed by atoms with Crippen LogP contribution in [-0.2, 0) is 0 Å². The number of ether oxygens (including phenoxy) is 1. The molecule has 94 valence electrons. The van der Waals surface area contributed by atoms with Crippen LogP contribution in [0.4, 0.5) is 0 Å². The van der Waals surface area contributed by atoms with E-state index in [0.29, 0.717) is 12.3 Å². The highest BCUT2D eigenvalue weighted by Gasteiger charge is 2.36. The fourth-order valence-electron chi connectivity index (χ4n) is 2.42. The highest BCUT2D eigenvalue weighted by atomic mass is 16.5. The van der Waals surface area contributed by atoms with E-state index in [-0.39, 0.29) is 5.60 Å². The Labute approximate surface area is 104 Å². The summed E-state index contributed by atoms with van der Waals surface area (Å²) in [6.45, 7) is 6.54. The zero-order valence-corrected chi connectivity index (χ0v) is 10.9. The fourth-order valence-corrected chi connectivity index (χ4v) is 2.42. The Morgan fingerprint density at radius 1 is 1.41 bits per heavy atom. The summed E-state index contributed by atoms with van der Waals surface area (Å²) in [5.41, 5.74) is 0.701. The number of para-hydroxylation sites is 1. The van der Waals surface area contributed by atoms with E-state index in [2.05, 4.69) is 20.8 Å². The van der Waals surface area contributed by atoms with Crippen molar-refractivity contribution in [3.05, 3.63) is 29.8 Å². The number of aliphatic hydroxyl groups excluding tert-OH is 1. The van der Waals surface area contributed by atoms with Gasteiger partial charge in [-0.05, 0) is 31.7 Å². The van der Waals surface area contributed by atoms with Crippen LogP contribution < -0.4 is 4.74 Å². The maximum atomic E-state index is 10.2. The van der Waals surface area contributed by atoms with Crippen molar-refractivity contribution >= 4 is 0 Å². The molecule has 0 bridgehead atoms. The van der Waals surface area contributed by atoms with Gasteiger partial charge in [0.15, 0.2) is 0 Å². The van der Waals surface area contributed by atoms with Crippen molar-refractivity contribution in [2.24, 2.45) is 5.92 Å².